The first-order valence-corrected chi connectivity index (χ1v) is 33.5. The highest BCUT2D eigenvalue weighted by Crippen LogP contribution is 2.46. The zero-order chi connectivity index (χ0) is 63.6. The first-order valence-electron chi connectivity index (χ1n) is 32.1. The number of sulfonamides is 1. The number of carbonyl (C=O) groups is 3. The van der Waals surface area contributed by atoms with Crippen LogP contribution < -0.4 is 29.6 Å². The van der Waals surface area contributed by atoms with Gasteiger partial charge < -0.3 is 38.3 Å². The molecule has 1 atom stereocenters. The number of unbranched alkanes of at least 4 members (excludes halogenated alkanes) is 2. The van der Waals surface area contributed by atoms with Crippen LogP contribution in [0, 0.1) is 11.8 Å². The maximum absolute atomic E-state index is 15.2. The Morgan fingerprint density at radius 1 is 0.674 bits per heavy atom. The summed E-state index contributed by atoms with van der Waals surface area (Å²) in [7, 11) is -0.801. The zero-order valence-corrected chi connectivity index (χ0v) is 53.3. The lowest BCUT2D eigenvalue weighted by Gasteiger charge is -2.37. The minimum Gasteiger partial charge on any atom is -0.497 e. The Morgan fingerprint density at radius 3 is 2.10 bits per heavy atom. The van der Waals surface area contributed by atoms with E-state index in [0.717, 1.165) is 76.6 Å². The highest BCUT2D eigenvalue weighted by atomic mass is 32.2. The molecule has 1 fully saturated rings. The van der Waals surface area contributed by atoms with Crippen LogP contribution in [0.3, 0.4) is 0 Å². The number of esters is 1. The molecule has 92 heavy (non-hydrogen) atoms. The van der Waals surface area contributed by atoms with Gasteiger partial charge in [0.05, 0.1) is 38.4 Å². The number of benzene rings is 8. The lowest BCUT2D eigenvalue weighted by Crippen LogP contribution is -2.40. The molecule has 0 radical (unpaired) electrons. The first kappa shape index (κ1) is 63.2. The number of amides is 1. The number of carbonyl (C=O) groups excluding carboxylic acids is 3. The van der Waals surface area contributed by atoms with E-state index < -0.39 is 21.6 Å². The summed E-state index contributed by atoms with van der Waals surface area (Å²) in [4.78, 5) is 41.8. The Kier molecular flexibility index (Phi) is 19.7. The number of methoxy groups -OCH3 is 2. The van der Waals surface area contributed by atoms with Crippen molar-refractivity contribution in [2.45, 2.75) is 75.2 Å². The number of hydrogen-bond donors (Lipinski definition) is 1. The minimum absolute atomic E-state index is 0.0315. The number of ether oxygens (including phenoxy) is 5. The van der Waals surface area contributed by atoms with Gasteiger partial charge in [0.15, 0.2) is 6.54 Å². The van der Waals surface area contributed by atoms with E-state index in [1.54, 1.807) is 37.6 Å². The van der Waals surface area contributed by atoms with Gasteiger partial charge in [-0.1, -0.05) is 122 Å². The standard InChI is InChI=1S/C76H78N4O11S/c1-4-77-73(82)51-88-52-74(83)89-49-53(50-90-76(57-20-8-6-9-21-57,58-27-33-62(86-2)34-28-58)59-29-35-63(87-3)36-30-59)17-7-5-10-25-69(81)56-39-43-78(44-40-56)92(84,85)72-26-16-13-22-66(72)75-64-37-31-60(79-45-41-54-18-11-14-23-67(54)79)47-70(64)91-71-48-61(32-38-65(71)75)80-46-42-55-19-12-15-24-68(55)80/h6,8-9,11-16,18-24,26-38,47-48,53,56H,4-5,7,10,17,25,39-46,49-52H2,1-3H3/p+1. The number of piperidine rings is 1. The van der Waals surface area contributed by atoms with Crippen molar-refractivity contribution in [2.75, 3.05) is 78.3 Å². The summed E-state index contributed by atoms with van der Waals surface area (Å²) in [5.41, 5.74) is 10.3. The highest BCUT2D eigenvalue weighted by molar-refractivity contribution is 7.89. The predicted octanol–water partition coefficient (Wildman–Crippen LogP) is 12.8. The number of nitrogens with one attached hydrogen (secondary N) is 1. The molecule has 4 heterocycles. The number of rotatable bonds is 26. The second kappa shape index (κ2) is 28.7. The van der Waals surface area contributed by atoms with E-state index in [2.05, 4.69) is 99.7 Å². The van der Waals surface area contributed by atoms with Crippen LogP contribution in [0.1, 0.15) is 79.7 Å². The fourth-order valence-electron chi connectivity index (χ4n) is 13.5. The zero-order valence-electron chi connectivity index (χ0n) is 52.5. The molecule has 1 unspecified atom stereocenters. The van der Waals surface area contributed by atoms with Gasteiger partial charge in [0.2, 0.25) is 27.0 Å². The number of likely N-dealkylation sites (N-methyl/N-ethyl adjacent to an activating group) is 1. The largest absolute Gasteiger partial charge is 0.497 e. The lowest BCUT2D eigenvalue weighted by atomic mass is 9.79. The fourth-order valence-corrected chi connectivity index (χ4v) is 15.2. The number of Topliss-reactive ketones (excluding diaryl/α,β-unsaturated/α-hetero) is 1. The first-order chi connectivity index (χ1) is 44.9. The SMILES string of the molecule is CCNC(=O)COCC(=O)OCC(CCCCCC(=O)C1CCN(S(=O)(=O)c2ccccc2-c2c3ccc(=[N+]4CCc5ccccc54)cc-3oc3cc(N4CCc5ccccc54)ccc23)CC1)COC(c1ccccc1)(c1ccc(OC)cc1)c1ccc(OC)cc1. The van der Waals surface area contributed by atoms with Crippen LogP contribution in [0.5, 0.6) is 11.5 Å². The van der Waals surface area contributed by atoms with Crippen LogP contribution in [0.15, 0.2) is 197 Å². The van der Waals surface area contributed by atoms with Gasteiger partial charge in [-0.3, -0.25) is 9.59 Å². The molecule has 474 valence electrons. The van der Waals surface area contributed by atoms with Gasteiger partial charge in [-0.2, -0.15) is 8.88 Å². The maximum atomic E-state index is 15.2. The molecule has 0 saturated carbocycles. The van der Waals surface area contributed by atoms with E-state index in [4.69, 9.17) is 28.1 Å². The van der Waals surface area contributed by atoms with Crippen molar-refractivity contribution in [2.24, 2.45) is 11.8 Å². The van der Waals surface area contributed by atoms with Crippen molar-refractivity contribution in [1.82, 2.24) is 14.2 Å². The quantitative estimate of drug-likeness (QED) is 0.0179. The Labute approximate surface area is 538 Å². The number of hydrogen-bond acceptors (Lipinski definition) is 12. The van der Waals surface area contributed by atoms with Crippen molar-refractivity contribution in [1.29, 1.82) is 0 Å². The van der Waals surface area contributed by atoms with Crippen LogP contribution >= 0.6 is 0 Å². The molecule has 1 aliphatic carbocycles. The molecule has 7 aromatic rings. The Bertz CT molecular complexity index is 4190. The second-order valence-electron chi connectivity index (χ2n) is 23.9. The summed E-state index contributed by atoms with van der Waals surface area (Å²) >= 11 is 0. The molecule has 4 aliphatic heterocycles. The molecule has 15 nitrogen and oxygen atoms in total. The van der Waals surface area contributed by atoms with Crippen LogP contribution in [0.25, 0.3) is 33.4 Å². The Balaban J connectivity index is 0.737. The Hall–Kier alpha value is -8.93. The molecule has 1 saturated heterocycles. The number of anilines is 2. The van der Waals surface area contributed by atoms with Gasteiger partial charge in [0, 0.05) is 108 Å². The van der Waals surface area contributed by atoms with E-state index in [0.29, 0.717) is 73.5 Å². The Morgan fingerprint density at radius 2 is 1.36 bits per heavy atom. The third-order valence-electron chi connectivity index (χ3n) is 18.3. The van der Waals surface area contributed by atoms with Gasteiger partial charge in [0.1, 0.15) is 47.4 Å². The van der Waals surface area contributed by atoms with Crippen molar-refractivity contribution in [3.8, 4) is 33.9 Å². The molecule has 0 spiro atoms. The van der Waals surface area contributed by atoms with Gasteiger partial charge in [-0.25, -0.2) is 13.2 Å². The average Bonchev–Trinajstić information content (AvgIpc) is 0.791. The van der Waals surface area contributed by atoms with E-state index in [1.165, 1.54) is 22.5 Å². The number of nitrogens with zero attached hydrogens (tertiary/aromatic N) is 3. The highest BCUT2D eigenvalue weighted by Gasteiger charge is 2.40. The van der Waals surface area contributed by atoms with Gasteiger partial charge in [-0.15, -0.1) is 0 Å². The van der Waals surface area contributed by atoms with Gasteiger partial charge in [-0.05, 0) is 116 Å². The minimum atomic E-state index is -4.06. The molecule has 7 aromatic carbocycles. The normalized spacial score (nSPS) is 15.3. The molecular formula is C76H79N4O11S+. The van der Waals surface area contributed by atoms with E-state index in [-0.39, 0.29) is 67.9 Å². The van der Waals surface area contributed by atoms with E-state index in [9.17, 15) is 14.4 Å². The van der Waals surface area contributed by atoms with E-state index >= 15 is 8.42 Å². The molecule has 1 amide bonds. The summed E-state index contributed by atoms with van der Waals surface area (Å²) in [5.74, 6) is 0.711. The van der Waals surface area contributed by atoms with Crippen molar-refractivity contribution in [3.63, 3.8) is 0 Å². The third kappa shape index (κ3) is 13.5. The number of ketones is 1. The maximum Gasteiger partial charge on any atom is 0.332 e. The average molecular weight is 1260 g/mol. The van der Waals surface area contributed by atoms with Crippen LogP contribution in [0.4, 0.5) is 17.1 Å². The fraction of sp³-hybridized carbons (Fsp3) is 0.316. The molecule has 16 heteroatoms. The second-order valence-corrected chi connectivity index (χ2v) is 25.9. The molecule has 5 aliphatic rings. The lowest BCUT2D eigenvalue weighted by molar-refractivity contribution is -0.152. The summed E-state index contributed by atoms with van der Waals surface area (Å²) < 4.78 is 70.8. The summed E-state index contributed by atoms with van der Waals surface area (Å²) in [6.45, 7) is 3.93. The van der Waals surface area contributed by atoms with Crippen LogP contribution in [-0.4, -0.2) is 104 Å². The summed E-state index contributed by atoms with van der Waals surface area (Å²) in [6, 6.07) is 62.4. The topological polar surface area (TPSA) is 166 Å². The third-order valence-corrected chi connectivity index (χ3v) is 20.3. The molecule has 1 N–H and O–H groups in total. The smallest absolute Gasteiger partial charge is 0.332 e. The van der Waals surface area contributed by atoms with Crippen LogP contribution in [0.2, 0.25) is 0 Å². The molecule has 0 aromatic heterocycles. The van der Waals surface area contributed by atoms with Crippen molar-refractivity contribution >= 4 is 55.7 Å². The molecular weight excluding hydrogens is 1180 g/mol. The molecule has 0 bridgehead atoms. The summed E-state index contributed by atoms with van der Waals surface area (Å²) in [6.07, 6.45) is 5.78. The van der Waals surface area contributed by atoms with Crippen molar-refractivity contribution < 1.29 is 50.9 Å². The predicted molar refractivity (Wildman–Crippen MR) is 357 cm³/mol. The number of para-hydroxylation sites is 2. The van der Waals surface area contributed by atoms with Gasteiger partial charge >= 0.3 is 5.97 Å². The van der Waals surface area contributed by atoms with Crippen LogP contribution in [-0.2, 0) is 57.1 Å². The monoisotopic (exact) mass is 1260 g/mol. The summed E-state index contributed by atoms with van der Waals surface area (Å²) in [5, 5.41) is 4.47. The van der Waals surface area contributed by atoms with Crippen molar-refractivity contribution in [3.05, 3.63) is 221 Å². The molecule has 12 rings (SSSR count). The number of fused-ring (bicyclic) bond motifs is 4. The van der Waals surface area contributed by atoms with E-state index in [1.807, 2.05) is 91.0 Å². The van der Waals surface area contributed by atoms with Gasteiger partial charge in [0.25, 0.3) is 0 Å².